The van der Waals surface area contributed by atoms with Gasteiger partial charge in [0.05, 0.1) is 5.69 Å². The Balaban J connectivity index is 2.28. The zero-order valence-corrected chi connectivity index (χ0v) is 14.1. The number of fused-ring (bicyclic) bond motifs is 1. The van der Waals surface area contributed by atoms with Gasteiger partial charge in [0.1, 0.15) is 16.5 Å². The van der Waals surface area contributed by atoms with Crippen LogP contribution in [0.25, 0.3) is 0 Å². The highest BCUT2D eigenvalue weighted by Crippen LogP contribution is 2.41. The summed E-state index contributed by atoms with van der Waals surface area (Å²) in [5.74, 6) is -1.80. The highest BCUT2D eigenvalue weighted by Gasteiger charge is 2.31. The standard InChI is InChI=1S/C16H13ClF2N2O2S/c1-2-9(10-5-3-4-6-11(10)18)14-12(19)7-8-13-15(14)20-16(17)21-24(13,22)23/h3-9H,2H2,1H3,(H,20,21). The molecule has 0 radical (unpaired) electrons. The summed E-state index contributed by atoms with van der Waals surface area (Å²) in [4.78, 5) is -0.182. The van der Waals surface area contributed by atoms with Crippen molar-refractivity contribution >= 4 is 32.6 Å². The predicted octanol–water partition coefficient (Wildman–Crippen LogP) is 4.22. The van der Waals surface area contributed by atoms with Gasteiger partial charge in [-0.05, 0) is 41.8 Å². The first-order valence-electron chi connectivity index (χ1n) is 7.19. The summed E-state index contributed by atoms with van der Waals surface area (Å²) in [6.07, 6.45) is 0.366. The van der Waals surface area contributed by atoms with Gasteiger partial charge in [-0.15, -0.1) is 4.40 Å². The second-order valence-corrected chi connectivity index (χ2v) is 7.23. The zero-order valence-electron chi connectivity index (χ0n) is 12.6. The van der Waals surface area contributed by atoms with E-state index in [1.165, 1.54) is 12.1 Å². The smallest absolute Gasteiger partial charge is 0.287 e. The summed E-state index contributed by atoms with van der Waals surface area (Å²) < 4.78 is 56.4. The lowest BCUT2D eigenvalue weighted by atomic mass is 9.87. The minimum Gasteiger partial charge on any atom is -0.328 e. The molecule has 0 bridgehead atoms. The van der Waals surface area contributed by atoms with Crippen molar-refractivity contribution in [2.75, 3.05) is 5.32 Å². The van der Waals surface area contributed by atoms with Gasteiger partial charge in [-0.25, -0.2) is 8.78 Å². The monoisotopic (exact) mass is 370 g/mol. The van der Waals surface area contributed by atoms with Crippen LogP contribution in [0.5, 0.6) is 0 Å². The Labute approximate surface area is 143 Å². The van der Waals surface area contributed by atoms with Gasteiger partial charge in [0.15, 0.2) is 0 Å². The quantitative estimate of drug-likeness (QED) is 0.823. The Morgan fingerprint density at radius 2 is 1.88 bits per heavy atom. The number of amidine groups is 1. The van der Waals surface area contributed by atoms with Crippen LogP contribution in [-0.4, -0.2) is 13.7 Å². The molecule has 1 unspecified atom stereocenters. The molecule has 2 aromatic rings. The fraction of sp³-hybridized carbons (Fsp3) is 0.188. The number of hydrogen-bond donors (Lipinski definition) is 1. The molecule has 0 fully saturated rings. The fourth-order valence-corrected chi connectivity index (χ4v) is 4.26. The van der Waals surface area contributed by atoms with Crippen molar-refractivity contribution in [1.29, 1.82) is 0 Å². The molecule has 0 saturated carbocycles. The van der Waals surface area contributed by atoms with Crippen LogP contribution in [0, 0.1) is 11.6 Å². The molecule has 0 aromatic heterocycles. The first-order chi connectivity index (χ1) is 11.3. The van der Waals surface area contributed by atoms with Crippen LogP contribution in [0.1, 0.15) is 30.4 Å². The van der Waals surface area contributed by atoms with E-state index >= 15 is 0 Å². The van der Waals surface area contributed by atoms with Gasteiger partial charge in [-0.2, -0.15) is 8.42 Å². The Bertz CT molecular complexity index is 945. The summed E-state index contributed by atoms with van der Waals surface area (Å²) in [5, 5.41) is 2.23. The van der Waals surface area contributed by atoms with Crippen LogP contribution in [0.3, 0.4) is 0 Å². The third-order valence-electron chi connectivity index (χ3n) is 3.90. The number of anilines is 1. The minimum absolute atomic E-state index is 0.00473. The lowest BCUT2D eigenvalue weighted by molar-refractivity contribution is 0.564. The molecule has 4 nitrogen and oxygen atoms in total. The van der Waals surface area contributed by atoms with Crippen molar-refractivity contribution in [2.24, 2.45) is 4.40 Å². The lowest BCUT2D eigenvalue weighted by Gasteiger charge is -2.24. The number of halogens is 3. The van der Waals surface area contributed by atoms with E-state index in [2.05, 4.69) is 9.71 Å². The molecule has 126 valence electrons. The molecule has 2 aromatic carbocycles. The molecule has 1 aliphatic rings. The molecule has 0 saturated heterocycles. The summed E-state index contributed by atoms with van der Waals surface area (Å²) in [7, 11) is -4.03. The van der Waals surface area contributed by atoms with Gasteiger partial charge in [0.2, 0.25) is 5.29 Å². The molecule has 0 amide bonds. The first-order valence-corrected chi connectivity index (χ1v) is 9.01. The minimum atomic E-state index is -4.03. The Morgan fingerprint density at radius 1 is 1.17 bits per heavy atom. The van der Waals surface area contributed by atoms with Crippen molar-refractivity contribution < 1.29 is 17.2 Å². The predicted molar refractivity (Wildman–Crippen MR) is 89.0 cm³/mol. The van der Waals surface area contributed by atoms with Gasteiger partial charge < -0.3 is 5.32 Å². The van der Waals surface area contributed by atoms with E-state index in [4.69, 9.17) is 11.6 Å². The highest BCUT2D eigenvalue weighted by molar-refractivity contribution is 7.90. The number of nitrogens with zero attached hydrogens (tertiary/aromatic N) is 1. The summed E-state index contributed by atoms with van der Waals surface area (Å²) in [6.45, 7) is 1.77. The summed E-state index contributed by atoms with van der Waals surface area (Å²) in [5.41, 5.74) is 0.340. The van der Waals surface area contributed by atoms with E-state index < -0.39 is 27.6 Å². The Hall–Kier alpha value is -1.99. The third kappa shape index (κ3) is 2.78. The summed E-state index contributed by atoms with van der Waals surface area (Å²) in [6, 6.07) is 8.18. The Morgan fingerprint density at radius 3 is 2.54 bits per heavy atom. The van der Waals surface area contributed by atoms with Crippen LogP contribution >= 0.6 is 11.6 Å². The first kappa shape index (κ1) is 16.9. The molecule has 24 heavy (non-hydrogen) atoms. The van der Waals surface area contributed by atoms with E-state index in [0.717, 1.165) is 12.1 Å². The molecule has 1 N–H and O–H groups in total. The van der Waals surface area contributed by atoms with Gasteiger partial charge in [0, 0.05) is 11.5 Å². The zero-order chi connectivity index (χ0) is 17.5. The maximum atomic E-state index is 14.6. The summed E-state index contributed by atoms with van der Waals surface area (Å²) >= 11 is 5.74. The van der Waals surface area contributed by atoms with Gasteiger partial charge in [0.25, 0.3) is 10.0 Å². The van der Waals surface area contributed by atoms with E-state index in [1.54, 1.807) is 19.1 Å². The maximum absolute atomic E-state index is 14.6. The van der Waals surface area contributed by atoms with Gasteiger partial charge >= 0.3 is 0 Å². The Kier molecular flexibility index (Phi) is 4.31. The average Bonchev–Trinajstić information content (AvgIpc) is 2.50. The number of sulfonamides is 1. The van der Waals surface area contributed by atoms with Gasteiger partial charge in [-0.1, -0.05) is 25.1 Å². The van der Waals surface area contributed by atoms with Crippen molar-refractivity contribution in [3.8, 4) is 0 Å². The van der Waals surface area contributed by atoms with Crippen LogP contribution < -0.4 is 5.32 Å². The van der Waals surface area contributed by atoms with Crippen LogP contribution in [0.4, 0.5) is 14.5 Å². The molecule has 1 atom stereocenters. The number of nitrogens with one attached hydrogen (secondary N) is 1. The normalized spacial score (nSPS) is 16.8. The number of rotatable bonds is 3. The van der Waals surface area contributed by atoms with Crippen LogP contribution in [0.15, 0.2) is 45.7 Å². The number of benzene rings is 2. The van der Waals surface area contributed by atoms with Crippen molar-refractivity contribution in [3.05, 3.63) is 59.2 Å². The maximum Gasteiger partial charge on any atom is 0.287 e. The van der Waals surface area contributed by atoms with Crippen molar-refractivity contribution in [1.82, 2.24) is 0 Å². The van der Waals surface area contributed by atoms with Crippen LogP contribution in [0.2, 0.25) is 0 Å². The fourth-order valence-electron chi connectivity index (χ4n) is 2.88. The molecule has 1 aliphatic heterocycles. The van der Waals surface area contributed by atoms with Crippen molar-refractivity contribution in [2.45, 2.75) is 24.2 Å². The molecule has 0 spiro atoms. The van der Waals surface area contributed by atoms with Gasteiger partial charge in [-0.3, -0.25) is 0 Å². The van der Waals surface area contributed by atoms with E-state index in [9.17, 15) is 17.2 Å². The number of hydrogen-bond acceptors (Lipinski definition) is 3. The highest BCUT2D eigenvalue weighted by atomic mass is 35.5. The second-order valence-electron chi connectivity index (χ2n) is 5.30. The molecule has 1 heterocycles. The molecular weight excluding hydrogens is 358 g/mol. The lowest BCUT2D eigenvalue weighted by Crippen LogP contribution is -2.21. The van der Waals surface area contributed by atoms with Crippen LogP contribution in [-0.2, 0) is 10.0 Å². The molecule has 3 rings (SSSR count). The second kappa shape index (κ2) is 6.14. The van der Waals surface area contributed by atoms with Crippen molar-refractivity contribution in [3.63, 3.8) is 0 Å². The molecule has 0 aliphatic carbocycles. The molecular formula is C16H13ClF2N2O2S. The van der Waals surface area contributed by atoms with E-state index in [-0.39, 0.29) is 27.0 Å². The topological polar surface area (TPSA) is 58.5 Å². The van der Waals surface area contributed by atoms with E-state index in [0.29, 0.717) is 6.42 Å². The average molecular weight is 371 g/mol. The third-order valence-corrected chi connectivity index (χ3v) is 5.50. The molecule has 8 heteroatoms. The van der Waals surface area contributed by atoms with E-state index in [1.807, 2.05) is 0 Å². The SMILES string of the molecule is CCC(c1ccccc1F)c1c(F)ccc2c1NC(Cl)=NS2(=O)=O. The largest absolute Gasteiger partial charge is 0.328 e.